The number of hydrogen-bond acceptors (Lipinski definition) is 8. The minimum absolute atomic E-state index is 0.842. The number of hydrogen-bond donors (Lipinski definition) is 4. The molecule has 19 heavy (non-hydrogen) atoms. The molecule has 0 spiro atoms. The van der Waals surface area contributed by atoms with Crippen molar-refractivity contribution >= 4 is 23.9 Å². The number of carboxylic acids is 2. The van der Waals surface area contributed by atoms with Gasteiger partial charge in [-0.1, -0.05) is 0 Å². The van der Waals surface area contributed by atoms with Crippen LogP contribution in [0.2, 0.25) is 0 Å². The van der Waals surface area contributed by atoms with Crippen LogP contribution in [-0.4, -0.2) is 57.1 Å². The van der Waals surface area contributed by atoms with Gasteiger partial charge in [-0.2, -0.15) is 0 Å². The topological polar surface area (TPSA) is 173 Å². The number of carbonyl (C=O) groups is 4. The molecule has 0 aliphatic carbocycles. The highest BCUT2D eigenvalue weighted by molar-refractivity contribution is 5.88. The third-order valence-corrected chi connectivity index (χ3v) is 2.35. The molecule has 1 aliphatic heterocycles. The monoisotopic (exact) mass is 277 g/mol. The number of aliphatic hydroxyl groups excluding tert-OH is 1. The number of aliphatic carboxylic acids is 2. The van der Waals surface area contributed by atoms with Crippen molar-refractivity contribution in [3.8, 4) is 0 Å². The summed E-state index contributed by atoms with van der Waals surface area (Å²) in [6, 6.07) is 0. The van der Waals surface area contributed by atoms with Gasteiger partial charge in [0.2, 0.25) is 0 Å². The number of cyclic esters (lactones) is 2. The Kier molecular flexibility index (Phi) is 4.07. The first-order valence-corrected chi connectivity index (χ1v) is 5.01. The predicted octanol–water partition coefficient (Wildman–Crippen LogP) is -2.58. The standard InChI is InChI=1S/C9H11NO9/c10-9(8(16)17)4(2-5(12)13)18-7(15)3(11)1-6(14)19-9/h3-4,11H,1-2,10H2,(H,12,13)(H,16,17). The Morgan fingerprint density at radius 2 is 1.95 bits per heavy atom. The van der Waals surface area contributed by atoms with E-state index in [1.807, 2.05) is 0 Å². The second-order valence-corrected chi connectivity index (χ2v) is 3.82. The molecule has 106 valence electrons. The number of carbonyl (C=O) groups excluding carboxylic acids is 2. The second-order valence-electron chi connectivity index (χ2n) is 3.82. The van der Waals surface area contributed by atoms with E-state index in [0.29, 0.717) is 0 Å². The van der Waals surface area contributed by atoms with E-state index in [0.717, 1.165) is 0 Å². The summed E-state index contributed by atoms with van der Waals surface area (Å²) in [4.78, 5) is 44.2. The second kappa shape index (κ2) is 5.20. The molecular formula is C9H11NO9. The van der Waals surface area contributed by atoms with Crippen molar-refractivity contribution in [1.82, 2.24) is 0 Å². The van der Waals surface area contributed by atoms with E-state index in [2.05, 4.69) is 9.47 Å². The molecule has 0 aromatic heterocycles. The molecule has 1 saturated heterocycles. The number of ether oxygens (including phenoxy) is 2. The van der Waals surface area contributed by atoms with Gasteiger partial charge in [0.1, 0.15) is 0 Å². The Balaban J connectivity index is 3.14. The highest BCUT2D eigenvalue weighted by Crippen LogP contribution is 2.22. The number of esters is 2. The van der Waals surface area contributed by atoms with E-state index in [4.69, 9.17) is 15.9 Å². The lowest BCUT2D eigenvalue weighted by Gasteiger charge is -2.34. The Morgan fingerprint density at radius 3 is 2.42 bits per heavy atom. The molecule has 1 aliphatic rings. The van der Waals surface area contributed by atoms with Gasteiger partial charge in [-0.3, -0.25) is 15.3 Å². The lowest BCUT2D eigenvalue weighted by molar-refractivity contribution is -0.211. The Hall–Kier alpha value is -2.20. The van der Waals surface area contributed by atoms with Crippen molar-refractivity contribution in [3.63, 3.8) is 0 Å². The first-order chi connectivity index (χ1) is 8.66. The van der Waals surface area contributed by atoms with Crippen LogP contribution in [0.1, 0.15) is 12.8 Å². The zero-order chi connectivity index (χ0) is 14.8. The van der Waals surface area contributed by atoms with Gasteiger partial charge in [0.15, 0.2) is 12.2 Å². The van der Waals surface area contributed by atoms with Crippen molar-refractivity contribution < 1.29 is 44.0 Å². The van der Waals surface area contributed by atoms with Gasteiger partial charge in [-0.05, 0) is 0 Å². The van der Waals surface area contributed by atoms with Crippen LogP contribution in [0.15, 0.2) is 0 Å². The molecule has 0 amide bonds. The van der Waals surface area contributed by atoms with E-state index in [-0.39, 0.29) is 0 Å². The van der Waals surface area contributed by atoms with Crippen LogP contribution in [0.5, 0.6) is 0 Å². The van der Waals surface area contributed by atoms with Crippen molar-refractivity contribution in [2.75, 3.05) is 0 Å². The summed E-state index contributed by atoms with van der Waals surface area (Å²) in [5, 5.41) is 26.7. The first-order valence-electron chi connectivity index (χ1n) is 5.01. The molecule has 0 bridgehead atoms. The Labute approximate surface area is 105 Å². The molecule has 10 nitrogen and oxygen atoms in total. The average molecular weight is 277 g/mol. The maximum absolute atomic E-state index is 11.3. The molecule has 0 aromatic carbocycles. The van der Waals surface area contributed by atoms with Crippen LogP contribution < -0.4 is 5.73 Å². The van der Waals surface area contributed by atoms with Gasteiger partial charge in [0, 0.05) is 0 Å². The van der Waals surface area contributed by atoms with Gasteiger partial charge >= 0.3 is 23.9 Å². The van der Waals surface area contributed by atoms with Gasteiger partial charge in [-0.15, -0.1) is 0 Å². The first kappa shape index (κ1) is 14.9. The van der Waals surface area contributed by atoms with Crippen LogP contribution in [0.25, 0.3) is 0 Å². The molecule has 10 heteroatoms. The third-order valence-electron chi connectivity index (χ3n) is 2.35. The van der Waals surface area contributed by atoms with Crippen molar-refractivity contribution in [3.05, 3.63) is 0 Å². The number of carboxylic acid groups (broad SMARTS) is 2. The largest absolute Gasteiger partial charge is 0.481 e. The Morgan fingerprint density at radius 1 is 1.37 bits per heavy atom. The number of aliphatic hydroxyl groups is 1. The zero-order valence-electron chi connectivity index (χ0n) is 9.44. The van der Waals surface area contributed by atoms with E-state index < -0.39 is 54.7 Å². The van der Waals surface area contributed by atoms with E-state index in [1.165, 1.54) is 0 Å². The van der Waals surface area contributed by atoms with E-state index in [9.17, 15) is 24.3 Å². The van der Waals surface area contributed by atoms with Gasteiger partial charge in [0.25, 0.3) is 5.72 Å². The molecule has 1 heterocycles. The summed E-state index contributed by atoms with van der Waals surface area (Å²) in [5.74, 6) is -6.01. The molecule has 1 rings (SSSR count). The quantitative estimate of drug-likeness (QED) is 0.401. The molecule has 0 saturated carbocycles. The highest BCUT2D eigenvalue weighted by Gasteiger charge is 2.52. The van der Waals surface area contributed by atoms with Crippen molar-refractivity contribution in [2.45, 2.75) is 30.8 Å². The van der Waals surface area contributed by atoms with Gasteiger partial charge in [-0.25, -0.2) is 9.59 Å². The minimum Gasteiger partial charge on any atom is -0.481 e. The summed E-state index contributed by atoms with van der Waals surface area (Å²) in [6.07, 6.45) is -5.68. The predicted molar refractivity (Wildman–Crippen MR) is 53.4 cm³/mol. The van der Waals surface area contributed by atoms with Crippen LogP contribution in [0.3, 0.4) is 0 Å². The molecule has 0 radical (unpaired) electrons. The molecular weight excluding hydrogens is 266 g/mol. The molecule has 1 fully saturated rings. The smallest absolute Gasteiger partial charge is 0.367 e. The van der Waals surface area contributed by atoms with Crippen LogP contribution >= 0.6 is 0 Å². The highest BCUT2D eigenvalue weighted by atomic mass is 16.6. The van der Waals surface area contributed by atoms with Gasteiger partial charge < -0.3 is 24.8 Å². The van der Waals surface area contributed by atoms with Gasteiger partial charge in [0.05, 0.1) is 12.8 Å². The summed E-state index contributed by atoms with van der Waals surface area (Å²) in [5.41, 5.74) is 2.47. The fourth-order valence-electron chi connectivity index (χ4n) is 1.38. The summed E-state index contributed by atoms with van der Waals surface area (Å²) < 4.78 is 8.90. The van der Waals surface area contributed by atoms with Crippen LogP contribution in [-0.2, 0) is 28.7 Å². The molecule has 3 atom stereocenters. The molecule has 3 unspecified atom stereocenters. The summed E-state index contributed by atoms with van der Waals surface area (Å²) in [6.45, 7) is 0. The van der Waals surface area contributed by atoms with Crippen molar-refractivity contribution in [1.29, 1.82) is 0 Å². The lowest BCUT2D eigenvalue weighted by atomic mass is 10.0. The maximum Gasteiger partial charge on any atom is 0.367 e. The minimum atomic E-state index is -2.83. The molecule has 0 aromatic rings. The van der Waals surface area contributed by atoms with Crippen molar-refractivity contribution in [2.24, 2.45) is 5.73 Å². The zero-order valence-corrected chi connectivity index (χ0v) is 9.44. The fraction of sp³-hybridized carbons (Fsp3) is 0.556. The van der Waals surface area contributed by atoms with Crippen LogP contribution in [0.4, 0.5) is 0 Å². The summed E-state index contributed by atoms with van der Waals surface area (Å²) in [7, 11) is 0. The van der Waals surface area contributed by atoms with Crippen LogP contribution in [0, 0.1) is 0 Å². The summed E-state index contributed by atoms with van der Waals surface area (Å²) >= 11 is 0. The lowest BCUT2D eigenvalue weighted by Crippen LogP contribution is -2.63. The van der Waals surface area contributed by atoms with E-state index in [1.54, 1.807) is 0 Å². The average Bonchev–Trinajstić information content (AvgIpc) is 2.25. The fourth-order valence-corrected chi connectivity index (χ4v) is 1.38. The number of rotatable bonds is 3. The normalized spacial score (nSPS) is 31.7. The SMILES string of the molecule is NC1(C(=O)O)OC(=O)CC(O)C(=O)OC1CC(=O)O. The van der Waals surface area contributed by atoms with E-state index >= 15 is 0 Å². The Bertz CT molecular complexity index is 433. The third kappa shape index (κ3) is 3.17. The number of nitrogens with two attached hydrogens (primary N) is 1. The molecule has 5 N–H and O–H groups in total. The maximum atomic E-state index is 11.3.